The van der Waals surface area contributed by atoms with Gasteiger partial charge in [-0.25, -0.2) is 16.8 Å². The van der Waals surface area contributed by atoms with Crippen molar-refractivity contribution in [2.75, 3.05) is 23.0 Å². The van der Waals surface area contributed by atoms with Gasteiger partial charge in [-0.2, -0.15) is 0 Å². The standard InChI is InChI=1S/C10H9BrCl2O2S2.C6H4Cl2S.C4H6O2S.BHNS/c11-7-4-17(14,15)5-10(7)16-6-1-2-8(12)9(13)3-6;7-5-2-1-4(9)3-6(5)8;5-7(6)3-1-2-4-7;1-2-3/h1-3,7,10H,4-5H2;1-3,9H;1-2H,3-4H2;3H/t7-,10-;;;/m0.../s1. The Morgan fingerprint density at radius 3 is 1.72 bits per heavy atom. The summed E-state index contributed by atoms with van der Waals surface area (Å²) >= 11 is 35.2. The van der Waals surface area contributed by atoms with Crippen molar-refractivity contribution in [1.29, 1.82) is 0 Å². The first-order valence-corrected chi connectivity index (χ1v) is 17.5. The van der Waals surface area contributed by atoms with Gasteiger partial charge in [0.1, 0.15) is 0 Å². The fourth-order valence-electron chi connectivity index (χ4n) is 2.59. The van der Waals surface area contributed by atoms with Crippen molar-refractivity contribution in [2.24, 2.45) is 4.30 Å². The van der Waals surface area contributed by atoms with Crippen LogP contribution in [0.5, 0.6) is 0 Å². The first-order chi connectivity index (χ1) is 16.7. The molecule has 1 saturated heterocycles. The Labute approximate surface area is 257 Å². The molecule has 197 valence electrons. The molecule has 0 aromatic heterocycles. The molecule has 36 heavy (non-hydrogen) atoms. The number of hydrogen-bond donors (Lipinski definition) is 2. The van der Waals surface area contributed by atoms with Gasteiger partial charge in [0.15, 0.2) is 19.7 Å². The quantitative estimate of drug-likeness (QED) is 0.150. The molecule has 0 unspecified atom stereocenters. The van der Waals surface area contributed by atoms with E-state index in [2.05, 4.69) is 53.3 Å². The Morgan fingerprint density at radius 2 is 1.36 bits per heavy atom. The van der Waals surface area contributed by atoms with Gasteiger partial charge in [0.05, 0.1) is 43.1 Å². The van der Waals surface area contributed by atoms with Crippen LogP contribution >= 0.6 is 99.5 Å². The molecule has 1 fully saturated rings. The van der Waals surface area contributed by atoms with E-state index in [1.54, 1.807) is 42.5 Å². The van der Waals surface area contributed by atoms with Crippen molar-refractivity contribution in [3.8, 4) is 0 Å². The monoisotopic (exact) mass is 728 g/mol. The van der Waals surface area contributed by atoms with Gasteiger partial charge in [0.25, 0.3) is 0 Å². The zero-order chi connectivity index (χ0) is 27.5. The molecule has 4 rings (SSSR count). The summed E-state index contributed by atoms with van der Waals surface area (Å²) in [7, 11) is -1.23. The Balaban J connectivity index is 0.000000285. The predicted molar refractivity (Wildman–Crippen MR) is 166 cm³/mol. The van der Waals surface area contributed by atoms with E-state index in [0.29, 0.717) is 20.1 Å². The van der Waals surface area contributed by atoms with E-state index in [1.165, 1.54) is 11.8 Å². The average Bonchev–Trinajstić information content (AvgIpc) is 3.29. The van der Waals surface area contributed by atoms with Crippen LogP contribution in [0.4, 0.5) is 0 Å². The summed E-state index contributed by atoms with van der Waals surface area (Å²) in [5, 5.41) is 2.13. The van der Waals surface area contributed by atoms with E-state index < -0.39 is 19.7 Å². The normalized spacial score (nSPS) is 20.6. The number of rotatable bonds is 2. The number of thiol groups is 2. The molecule has 0 amide bonds. The predicted octanol–water partition coefficient (Wildman–Crippen LogP) is 7.08. The van der Waals surface area contributed by atoms with Gasteiger partial charge < -0.3 is 0 Å². The number of benzene rings is 2. The molecular weight excluding hydrogens is 711 g/mol. The average molecular weight is 731 g/mol. The molecule has 2 atom stereocenters. The van der Waals surface area contributed by atoms with Crippen molar-refractivity contribution in [3.05, 3.63) is 68.6 Å². The van der Waals surface area contributed by atoms with Gasteiger partial charge >= 0.3 is 24.8 Å². The summed E-state index contributed by atoms with van der Waals surface area (Å²) in [5.74, 6) is 0.889. The number of nitrogens with zero attached hydrogens (tertiary/aromatic N) is 1. The third kappa shape index (κ3) is 13.6. The van der Waals surface area contributed by atoms with Gasteiger partial charge in [-0.05, 0) is 36.4 Å². The number of halogens is 5. The van der Waals surface area contributed by atoms with Crippen molar-refractivity contribution in [1.82, 2.24) is 0 Å². The van der Waals surface area contributed by atoms with Crippen LogP contribution in [-0.4, -0.2) is 57.6 Å². The van der Waals surface area contributed by atoms with Crippen LogP contribution in [0.25, 0.3) is 0 Å². The van der Waals surface area contributed by atoms with Gasteiger partial charge in [-0.1, -0.05) is 74.5 Å². The topological polar surface area (TPSA) is 80.6 Å². The maximum atomic E-state index is 11.5. The number of sulfone groups is 2. The van der Waals surface area contributed by atoms with E-state index in [4.69, 9.17) is 46.4 Å². The molecular formula is C20H20BBrCl4NO4S5. The van der Waals surface area contributed by atoms with Crippen LogP contribution < -0.4 is 0 Å². The van der Waals surface area contributed by atoms with E-state index in [9.17, 15) is 16.8 Å². The second kappa shape index (κ2) is 16.7. The Kier molecular flexibility index (Phi) is 16.1. The van der Waals surface area contributed by atoms with E-state index in [0.717, 1.165) is 9.79 Å². The minimum absolute atomic E-state index is 0.00745. The molecule has 0 bridgehead atoms. The van der Waals surface area contributed by atoms with E-state index >= 15 is 0 Å². The molecule has 2 aromatic rings. The van der Waals surface area contributed by atoms with E-state index in [1.807, 2.05) is 6.07 Å². The third-order valence-electron chi connectivity index (χ3n) is 4.18. The Hall–Kier alpha value is 0.635. The molecule has 0 spiro atoms. The fourth-order valence-corrected chi connectivity index (χ4v) is 10.0. The van der Waals surface area contributed by atoms with Gasteiger partial charge in [0.2, 0.25) is 0 Å². The summed E-state index contributed by atoms with van der Waals surface area (Å²) in [6, 6.07) is 10.5. The number of hydrogen-bond acceptors (Lipinski definition) is 8. The zero-order valence-corrected chi connectivity index (χ0v) is 27.1. The molecule has 16 heteroatoms. The van der Waals surface area contributed by atoms with Gasteiger partial charge in [0, 0.05) is 19.9 Å². The van der Waals surface area contributed by atoms with Crippen LogP contribution in [-0.2, 0) is 19.7 Å². The molecule has 2 aliphatic rings. The van der Waals surface area contributed by atoms with Crippen molar-refractivity contribution < 1.29 is 16.8 Å². The minimum atomic E-state index is -2.91. The number of alkyl halides is 1. The molecule has 0 saturated carbocycles. The van der Waals surface area contributed by atoms with Crippen LogP contribution in [0.15, 0.2) is 62.6 Å². The SMILES string of the molecule is O=S1(=O)CC=CC1.O=S1(=O)C[C@H](Sc2ccc(Cl)c(Cl)c2)[C@@H](Br)C1.Sc1ccc(Cl)c(Cl)c1.[B]=NS. The summed E-state index contributed by atoms with van der Waals surface area (Å²) in [6.07, 6.45) is 3.35. The van der Waals surface area contributed by atoms with Crippen LogP contribution in [0.3, 0.4) is 0 Å². The summed E-state index contributed by atoms with van der Waals surface area (Å²) in [4.78, 5) is 1.75. The van der Waals surface area contributed by atoms with Crippen molar-refractivity contribution in [3.63, 3.8) is 0 Å². The Morgan fingerprint density at radius 1 is 0.861 bits per heavy atom. The number of thioether (sulfide) groups is 1. The molecule has 2 aliphatic heterocycles. The second-order valence-corrected chi connectivity index (χ2v) is 16.3. The summed E-state index contributed by atoms with van der Waals surface area (Å²) in [6.45, 7) is 0. The molecule has 2 heterocycles. The second-order valence-electron chi connectivity index (χ2n) is 7.09. The summed E-state index contributed by atoms with van der Waals surface area (Å²) in [5.41, 5.74) is 0. The van der Waals surface area contributed by atoms with Crippen LogP contribution in [0.2, 0.25) is 20.1 Å². The first-order valence-electron chi connectivity index (χ1n) is 9.69. The molecule has 5 nitrogen and oxygen atoms in total. The Bertz CT molecular complexity index is 1270. The molecule has 0 aliphatic carbocycles. The van der Waals surface area contributed by atoms with E-state index in [-0.39, 0.29) is 33.1 Å². The van der Waals surface area contributed by atoms with Gasteiger partial charge in [-0.15, -0.1) is 24.4 Å². The van der Waals surface area contributed by atoms with Crippen molar-refractivity contribution >= 4 is 127 Å². The van der Waals surface area contributed by atoms with Gasteiger partial charge in [-0.3, -0.25) is 0 Å². The molecule has 2 aromatic carbocycles. The van der Waals surface area contributed by atoms with Crippen LogP contribution in [0.1, 0.15) is 0 Å². The maximum absolute atomic E-state index is 11.5. The first kappa shape index (κ1) is 34.7. The fraction of sp³-hybridized carbons (Fsp3) is 0.300. The third-order valence-corrected chi connectivity index (χ3v) is 12.3. The zero-order valence-electron chi connectivity index (χ0n) is 18.3. The van der Waals surface area contributed by atoms with Crippen LogP contribution in [0, 0.1) is 0 Å². The molecule has 0 N–H and O–H groups in total. The summed E-state index contributed by atoms with van der Waals surface area (Å²) < 4.78 is 46.4. The van der Waals surface area contributed by atoms with Crippen molar-refractivity contribution in [2.45, 2.75) is 19.9 Å². The molecule has 1 radical (unpaired) electrons.